The van der Waals surface area contributed by atoms with E-state index < -0.39 is 0 Å². The van der Waals surface area contributed by atoms with E-state index in [1.165, 1.54) is 4.88 Å². The van der Waals surface area contributed by atoms with Crippen LogP contribution in [0.4, 0.5) is 0 Å². The highest BCUT2D eigenvalue weighted by Gasteiger charge is 2.11. The van der Waals surface area contributed by atoms with Crippen molar-refractivity contribution in [3.05, 3.63) is 28.2 Å². The summed E-state index contributed by atoms with van der Waals surface area (Å²) >= 11 is 3.29. The molecule has 0 amide bonds. The molecule has 2 rings (SSSR count). The van der Waals surface area contributed by atoms with Crippen molar-refractivity contribution in [2.75, 3.05) is 5.75 Å². The number of nitrogens with zero attached hydrogens (tertiary/aromatic N) is 3. The van der Waals surface area contributed by atoms with Gasteiger partial charge in [0.15, 0.2) is 5.16 Å². The lowest BCUT2D eigenvalue weighted by Gasteiger charge is -2.06. The van der Waals surface area contributed by atoms with Crippen LogP contribution in [0.25, 0.3) is 0 Å². The second-order valence-electron chi connectivity index (χ2n) is 4.09. The van der Waals surface area contributed by atoms with Gasteiger partial charge in [-0.25, -0.2) is 0 Å². The van der Waals surface area contributed by atoms with E-state index in [9.17, 15) is 5.11 Å². The van der Waals surface area contributed by atoms with Gasteiger partial charge in [0, 0.05) is 24.1 Å². The Morgan fingerprint density at radius 1 is 1.50 bits per heavy atom. The number of thiophene rings is 1. The molecule has 0 aromatic carbocycles. The third-order valence-corrected chi connectivity index (χ3v) is 4.76. The number of hydrogen-bond donors (Lipinski definition) is 1. The molecule has 0 fully saturated rings. The minimum absolute atomic E-state index is 0.271. The number of aliphatic hydroxyl groups excluding tert-OH is 1. The Bertz CT molecular complexity index is 481. The molecule has 1 N–H and O–H groups in total. The van der Waals surface area contributed by atoms with Crippen molar-refractivity contribution in [2.24, 2.45) is 7.05 Å². The second-order valence-corrected chi connectivity index (χ2v) is 6.11. The van der Waals surface area contributed by atoms with Crippen molar-refractivity contribution < 1.29 is 5.11 Å². The van der Waals surface area contributed by atoms with Crippen LogP contribution in [0.5, 0.6) is 0 Å². The predicted octanol–water partition coefficient (Wildman–Crippen LogP) is 2.33. The van der Waals surface area contributed by atoms with Crippen molar-refractivity contribution in [3.63, 3.8) is 0 Å². The summed E-state index contributed by atoms with van der Waals surface area (Å²) in [5.74, 6) is 1.63. The molecule has 98 valence electrons. The highest BCUT2D eigenvalue weighted by molar-refractivity contribution is 7.99. The molecule has 0 spiro atoms. The summed E-state index contributed by atoms with van der Waals surface area (Å²) in [6.45, 7) is 1.98. The highest BCUT2D eigenvalue weighted by atomic mass is 32.2. The molecule has 2 aromatic rings. The predicted molar refractivity (Wildman–Crippen MR) is 75.1 cm³/mol. The standard InChI is InChI=1S/C12H17N3OS2/c1-3-9(16)8-18-12-14-13-11(15(12)2)7-10-5-4-6-17-10/h4-6,9,16H,3,7-8H2,1-2H3/t9-/m0/s1. The zero-order valence-corrected chi connectivity index (χ0v) is 12.2. The summed E-state index contributed by atoms with van der Waals surface area (Å²) in [5, 5.41) is 20.9. The molecule has 18 heavy (non-hydrogen) atoms. The summed E-state index contributed by atoms with van der Waals surface area (Å²) in [6.07, 6.45) is 1.32. The van der Waals surface area contributed by atoms with Crippen LogP contribution < -0.4 is 0 Å². The van der Waals surface area contributed by atoms with E-state index in [1.807, 2.05) is 24.6 Å². The van der Waals surface area contributed by atoms with Gasteiger partial charge in [-0.05, 0) is 17.9 Å². The number of aromatic nitrogens is 3. The number of hydrogen-bond acceptors (Lipinski definition) is 5. The maximum Gasteiger partial charge on any atom is 0.191 e. The van der Waals surface area contributed by atoms with E-state index in [-0.39, 0.29) is 6.10 Å². The van der Waals surface area contributed by atoms with Gasteiger partial charge in [0.1, 0.15) is 5.82 Å². The van der Waals surface area contributed by atoms with Gasteiger partial charge < -0.3 is 9.67 Å². The van der Waals surface area contributed by atoms with Crippen molar-refractivity contribution in [1.82, 2.24) is 14.8 Å². The van der Waals surface area contributed by atoms with Gasteiger partial charge in [-0.15, -0.1) is 21.5 Å². The quantitative estimate of drug-likeness (QED) is 0.827. The number of rotatable bonds is 6. The molecule has 4 nitrogen and oxygen atoms in total. The number of aliphatic hydroxyl groups is 1. The maximum absolute atomic E-state index is 9.55. The third-order valence-electron chi connectivity index (χ3n) is 2.71. The zero-order valence-electron chi connectivity index (χ0n) is 10.5. The summed E-state index contributed by atoms with van der Waals surface area (Å²) in [4.78, 5) is 1.29. The molecule has 0 unspecified atom stereocenters. The van der Waals surface area contributed by atoms with Gasteiger partial charge in [-0.1, -0.05) is 24.8 Å². The van der Waals surface area contributed by atoms with E-state index in [4.69, 9.17) is 0 Å². The Labute approximate surface area is 115 Å². The fourth-order valence-electron chi connectivity index (χ4n) is 1.48. The summed E-state index contributed by atoms with van der Waals surface area (Å²) < 4.78 is 2.01. The average molecular weight is 283 g/mol. The van der Waals surface area contributed by atoms with E-state index in [2.05, 4.69) is 21.6 Å². The van der Waals surface area contributed by atoms with E-state index in [1.54, 1.807) is 23.1 Å². The summed E-state index contributed by atoms with van der Waals surface area (Å²) in [5.41, 5.74) is 0. The lowest BCUT2D eigenvalue weighted by molar-refractivity contribution is 0.195. The van der Waals surface area contributed by atoms with Crippen LogP contribution >= 0.6 is 23.1 Å². The van der Waals surface area contributed by atoms with Gasteiger partial charge in [0.05, 0.1) is 6.10 Å². The molecule has 0 saturated heterocycles. The minimum atomic E-state index is -0.271. The molecule has 2 aromatic heterocycles. The fourth-order valence-corrected chi connectivity index (χ4v) is 3.16. The first-order valence-corrected chi connectivity index (χ1v) is 7.78. The first-order valence-electron chi connectivity index (χ1n) is 5.92. The summed E-state index contributed by atoms with van der Waals surface area (Å²) in [6, 6.07) is 4.15. The second kappa shape index (κ2) is 6.36. The Balaban J connectivity index is 2.00. The summed E-state index contributed by atoms with van der Waals surface area (Å²) in [7, 11) is 1.98. The third kappa shape index (κ3) is 3.34. The Kier molecular flexibility index (Phi) is 4.79. The van der Waals surface area contributed by atoms with Crippen LogP contribution in [-0.2, 0) is 13.5 Å². The molecule has 0 saturated carbocycles. The van der Waals surface area contributed by atoms with Crippen molar-refractivity contribution >= 4 is 23.1 Å². The van der Waals surface area contributed by atoms with Gasteiger partial charge in [-0.3, -0.25) is 0 Å². The first kappa shape index (κ1) is 13.6. The molecule has 2 heterocycles. The van der Waals surface area contributed by atoms with Crippen LogP contribution in [0.3, 0.4) is 0 Å². The Morgan fingerprint density at radius 2 is 2.33 bits per heavy atom. The van der Waals surface area contributed by atoms with Crippen molar-refractivity contribution in [1.29, 1.82) is 0 Å². The van der Waals surface area contributed by atoms with Gasteiger partial charge >= 0.3 is 0 Å². The number of thioether (sulfide) groups is 1. The SMILES string of the molecule is CC[C@H](O)CSc1nnc(Cc2cccs2)n1C. The first-order chi connectivity index (χ1) is 8.70. The van der Waals surface area contributed by atoms with Crippen molar-refractivity contribution in [3.8, 4) is 0 Å². The zero-order chi connectivity index (χ0) is 13.0. The fraction of sp³-hybridized carbons (Fsp3) is 0.500. The smallest absolute Gasteiger partial charge is 0.191 e. The van der Waals surface area contributed by atoms with Crippen LogP contribution in [0, 0.1) is 0 Å². The van der Waals surface area contributed by atoms with Crippen LogP contribution in [0.2, 0.25) is 0 Å². The van der Waals surface area contributed by atoms with Gasteiger partial charge in [0.2, 0.25) is 0 Å². The van der Waals surface area contributed by atoms with Crippen LogP contribution in [0.15, 0.2) is 22.7 Å². The van der Waals surface area contributed by atoms with Crippen LogP contribution in [0.1, 0.15) is 24.0 Å². The van der Waals surface area contributed by atoms with Gasteiger partial charge in [0.25, 0.3) is 0 Å². The van der Waals surface area contributed by atoms with Gasteiger partial charge in [-0.2, -0.15) is 0 Å². The molecule has 1 atom stereocenters. The lowest BCUT2D eigenvalue weighted by atomic mass is 10.3. The average Bonchev–Trinajstić information content (AvgIpc) is 2.99. The minimum Gasteiger partial charge on any atom is -0.392 e. The highest BCUT2D eigenvalue weighted by Crippen LogP contribution is 2.20. The topological polar surface area (TPSA) is 50.9 Å². The molecule has 0 aliphatic heterocycles. The largest absolute Gasteiger partial charge is 0.392 e. The Hall–Kier alpha value is -0.850. The molecule has 0 aliphatic rings. The van der Waals surface area contributed by atoms with E-state index in [0.717, 1.165) is 23.8 Å². The monoisotopic (exact) mass is 283 g/mol. The van der Waals surface area contributed by atoms with E-state index in [0.29, 0.717) is 5.75 Å². The van der Waals surface area contributed by atoms with Crippen molar-refractivity contribution in [2.45, 2.75) is 31.0 Å². The van der Waals surface area contributed by atoms with E-state index >= 15 is 0 Å². The lowest BCUT2D eigenvalue weighted by Crippen LogP contribution is -2.08. The molecule has 0 bridgehead atoms. The molecular weight excluding hydrogens is 266 g/mol. The van der Waals surface area contributed by atoms with Crippen LogP contribution in [-0.4, -0.2) is 31.7 Å². The molecular formula is C12H17N3OS2. The Morgan fingerprint density at radius 3 is 3.00 bits per heavy atom. The molecule has 0 radical (unpaired) electrons. The normalized spacial score (nSPS) is 12.8. The molecule has 6 heteroatoms. The maximum atomic E-state index is 9.55. The molecule has 0 aliphatic carbocycles.